The number of benzene rings is 1. The summed E-state index contributed by atoms with van der Waals surface area (Å²) in [5.41, 5.74) is 0.988. The lowest BCUT2D eigenvalue weighted by Gasteiger charge is -2.29. The third-order valence-electron chi connectivity index (χ3n) is 4.08. The van der Waals surface area contributed by atoms with Gasteiger partial charge in [0.1, 0.15) is 0 Å². The quantitative estimate of drug-likeness (QED) is 0.713. The summed E-state index contributed by atoms with van der Waals surface area (Å²) in [6.07, 6.45) is 2.76. The third kappa shape index (κ3) is 4.05. The maximum absolute atomic E-state index is 12.1. The van der Waals surface area contributed by atoms with Crippen molar-refractivity contribution < 1.29 is 12.6 Å². The average Bonchev–Trinajstić information content (AvgIpc) is 2.41. The summed E-state index contributed by atoms with van der Waals surface area (Å²) in [5, 5.41) is 0. The summed E-state index contributed by atoms with van der Waals surface area (Å²) in [5.74, 6) is 0. The van der Waals surface area contributed by atoms with Gasteiger partial charge < -0.3 is 0 Å². The van der Waals surface area contributed by atoms with Gasteiger partial charge in [0, 0.05) is 0 Å². The SMILES string of the molecule is CCC(CC)(CC)COS(=O)(=O)c1ccc(C)cc1. The molecule has 0 aliphatic heterocycles. The zero-order valence-corrected chi connectivity index (χ0v) is 13.1. The van der Waals surface area contributed by atoms with E-state index in [-0.39, 0.29) is 16.9 Å². The van der Waals surface area contributed by atoms with Gasteiger partial charge in [-0.05, 0) is 43.7 Å². The van der Waals surface area contributed by atoms with E-state index in [1.165, 1.54) is 0 Å². The van der Waals surface area contributed by atoms with Gasteiger partial charge in [-0.25, -0.2) is 0 Å². The van der Waals surface area contributed by atoms with E-state index in [9.17, 15) is 8.42 Å². The van der Waals surface area contributed by atoms with E-state index in [0.29, 0.717) is 0 Å². The Hall–Kier alpha value is -0.870. The molecule has 0 aromatic heterocycles. The van der Waals surface area contributed by atoms with Crippen molar-refractivity contribution in [1.82, 2.24) is 0 Å². The van der Waals surface area contributed by atoms with Crippen LogP contribution in [0.4, 0.5) is 0 Å². The van der Waals surface area contributed by atoms with Crippen molar-refractivity contribution in [2.45, 2.75) is 51.9 Å². The topological polar surface area (TPSA) is 43.4 Å². The molecular weight excluding hydrogens is 260 g/mol. The van der Waals surface area contributed by atoms with Crippen LogP contribution in [-0.4, -0.2) is 15.0 Å². The normalized spacial score (nSPS) is 12.6. The number of hydrogen-bond acceptors (Lipinski definition) is 3. The van der Waals surface area contributed by atoms with Crippen molar-refractivity contribution in [2.24, 2.45) is 5.41 Å². The minimum absolute atomic E-state index is 0.0439. The molecule has 0 amide bonds. The lowest BCUT2D eigenvalue weighted by Crippen LogP contribution is -2.26. The number of hydrogen-bond donors (Lipinski definition) is 0. The van der Waals surface area contributed by atoms with Crippen molar-refractivity contribution in [2.75, 3.05) is 6.61 Å². The molecule has 0 atom stereocenters. The largest absolute Gasteiger partial charge is 0.296 e. The van der Waals surface area contributed by atoms with Gasteiger partial charge in [-0.1, -0.05) is 38.5 Å². The average molecular weight is 284 g/mol. The first-order chi connectivity index (χ1) is 8.89. The molecule has 108 valence electrons. The van der Waals surface area contributed by atoms with Crippen LogP contribution >= 0.6 is 0 Å². The highest BCUT2D eigenvalue weighted by molar-refractivity contribution is 7.86. The highest BCUT2D eigenvalue weighted by Gasteiger charge is 2.27. The Morgan fingerprint density at radius 3 is 1.89 bits per heavy atom. The molecule has 19 heavy (non-hydrogen) atoms. The van der Waals surface area contributed by atoms with E-state index >= 15 is 0 Å². The van der Waals surface area contributed by atoms with Crippen LogP contribution < -0.4 is 0 Å². The molecule has 3 nitrogen and oxygen atoms in total. The third-order valence-corrected chi connectivity index (χ3v) is 5.36. The molecule has 0 fully saturated rings. The van der Waals surface area contributed by atoms with Crippen LogP contribution in [0.5, 0.6) is 0 Å². The molecule has 0 saturated carbocycles. The van der Waals surface area contributed by atoms with E-state index in [1.54, 1.807) is 24.3 Å². The van der Waals surface area contributed by atoms with E-state index in [1.807, 2.05) is 6.92 Å². The van der Waals surface area contributed by atoms with Crippen molar-refractivity contribution in [3.63, 3.8) is 0 Å². The molecule has 0 saturated heterocycles. The predicted octanol–water partition coefficient (Wildman–Crippen LogP) is 3.92. The highest BCUT2D eigenvalue weighted by Crippen LogP contribution is 2.31. The molecule has 1 aromatic rings. The summed E-state index contributed by atoms with van der Waals surface area (Å²) < 4.78 is 29.5. The maximum atomic E-state index is 12.1. The fourth-order valence-corrected chi connectivity index (χ4v) is 3.04. The minimum atomic E-state index is -3.64. The standard InChI is InChI=1S/C15H24O3S/c1-5-15(6-2,7-3)12-18-19(16,17)14-10-8-13(4)9-11-14/h8-11H,5-7,12H2,1-4H3. The van der Waals surface area contributed by atoms with E-state index in [0.717, 1.165) is 24.8 Å². The summed E-state index contributed by atoms with van der Waals surface area (Å²) in [7, 11) is -3.64. The first kappa shape index (κ1) is 16.2. The van der Waals surface area contributed by atoms with Gasteiger partial charge in [0.15, 0.2) is 0 Å². The number of rotatable bonds is 7. The fraction of sp³-hybridized carbons (Fsp3) is 0.600. The summed E-state index contributed by atoms with van der Waals surface area (Å²) in [4.78, 5) is 0.232. The summed E-state index contributed by atoms with van der Waals surface area (Å²) >= 11 is 0. The van der Waals surface area contributed by atoms with Gasteiger partial charge in [0.2, 0.25) is 0 Å². The molecule has 0 N–H and O–H groups in total. The molecular formula is C15H24O3S. The molecule has 0 aliphatic carbocycles. The second kappa shape index (κ2) is 6.53. The zero-order valence-electron chi connectivity index (χ0n) is 12.3. The van der Waals surface area contributed by atoms with Gasteiger partial charge in [0.25, 0.3) is 10.1 Å². The minimum Gasteiger partial charge on any atom is -0.266 e. The Labute approximate surface area is 117 Å². The van der Waals surface area contributed by atoms with Gasteiger partial charge in [0.05, 0.1) is 11.5 Å². The molecule has 0 heterocycles. The van der Waals surface area contributed by atoms with Crippen molar-refractivity contribution in [3.8, 4) is 0 Å². The molecule has 0 aliphatic rings. The molecule has 4 heteroatoms. The van der Waals surface area contributed by atoms with Crippen LogP contribution in [0.3, 0.4) is 0 Å². The summed E-state index contributed by atoms with van der Waals surface area (Å²) in [6, 6.07) is 6.75. The first-order valence-corrected chi connectivity index (χ1v) is 8.26. The van der Waals surface area contributed by atoms with Crippen molar-refractivity contribution >= 4 is 10.1 Å². The Morgan fingerprint density at radius 1 is 1.00 bits per heavy atom. The van der Waals surface area contributed by atoms with Gasteiger partial charge >= 0.3 is 0 Å². The van der Waals surface area contributed by atoms with Crippen LogP contribution in [0.2, 0.25) is 0 Å². The Kier molecular flexibility index (Phi) is 5.56. The Morgan fingerprint density at radius 2 is 1.47 bits per heavy atom. The van der Waals surface area contributed by atoms with Crippen LogP contribution in [0.15, 0.2) is 29.2 Å². The molecule has 0 spiro atoms. The second-order valence-corrected chi connectivity index (χ2v) is 6.71. The van der Waals surface area contributed by atoms with E-state index in [4.69, 9.17) is 4.18 Å². The maximum Gasteiger partial charge on any atom is 0.296 e. The second-order valence-electron chi connectivity index (χ2n) is 5.09. The molecule has 1 aromatic carbocycles. The van der Waals surface area contributed by atoms with E-state index < -0.39 is 10.1 Å². The monoisotopic (exact) mass is 284 g/mol. The highest BCUT2D eigenvalue weighted by atomic mass is 32.2. The van der Waals surface area contributed by atoms with Crippen LogP contribution in [0.25, 0.3) is 0 Å². The molecule has 0 unspecified atom stereocenters. The van der Waals surface area contributed by atoms with Crippen LogP contribution in [0.1, 0.15) is 45.6 Å². The lowest BCUT2D eigenvalue weighted by atomic mass is 9.81. The van der Waals surface area contributed by atoms with Gasteiger partial charge in [-0.3, -0.25) is 4.18 Å². The van der Waals surface area contributed by atoms with Crippen LogP contribution in [-0.2, 0) is 14.3 Å². The smallest absolute Gasteiger partial charge is 0.266 e. The fourth-order valence-electron chi connectivity index (χ4n) is 2.03. The van der Waals surface area contributed by atoms with Crippen LogP contribution in [0, 0.1) is 12.3 Å². The predicted molar refractivity (Wildman–Crippen MR) is 77.6 cm³/mol. The van der Waals surface area contributed by atoms with Crippen molar-refractivity contribution in [3.05, 3.63) is 29.8 Å². The first-order valence-electron chi connectivity index (χ1n) is 6.85. The molecule has 0 radical (unpaired) electrons. The number of aryl methyl sites for hydroxylation is 1. The molecule has 1 rings (SSSR count). The van der Waals surface area contributed by atoms with Gasteiger partial charge in [-0.15, -0.1) is 0 Å². The van der Waals surface area contributed by atoms with Crippen molar-refractivity contribution in [1.29, 1.82) is 0 Å². The van der Waals surface area contributed by atoms with E-state index in [2.05, 4.69) is 20.8 Å². The zero-order chi connectivity index (χ0) is 14.5. The Balaban J connectivity index is 2.83. The Bertz CT molecular complexity index is 476. The summed E-state index contributed by atoms with van der Waals surface area (Å²) in [6.45, 7) is 8.42. The lowest BCUT2D eigenvalue weighted by molar-refractivity contribution is 0.132. The molecule has 0 bridgehead atoms. The van der Waals surface area contributed by atoms with Gasteiger partial charge in [-0.2, -0.15) is 8.42 Å².